The maximum Gasteiger partial charge on any atom is 0.252 e. The lowest BCUT2D eigenvalue weighted by Crippen LogP contribution is -2.61. The van der Waals surface area contributed by atoms with Gasteiger partial charge in [-0.05, 0) is 109 Å². The zero-order valence-corrected chi connectivity index (χ0v) is 32.9. The lowest BCUT2D eigenvalue weighted by molar-refractivity contribution is 0.590. The van der Waals surface area contributed by atoms with Crippen LogP contribution < -0.4 is 26.2 Å². The monoisotopic (exact) mass is 666 g/mol. The molecule has 0 saturated heterocycles. The van der Waals surface area contributed by atoms with Gasteiger partial charge in [-0.2, -0.15) is 0 Å². The number of anilines is 6. The van der Waals surface area contributed by atoms with Crippen LogP contribution in [0.25, 0.3) is 0 Å². The first kappa shape index (κ1) is 36.7. The minimum atomic E-state index is 0.0274. The van der Waals surface area contributed by atoms with E-state index in [9.17, 15) is 0 Å². The molecule has 0 unspecified atom stereocenters. The molecule has 0 saturated carbocycles. The molecule has 0 spiro atoms. The summed E-state index contributed by atoms with van der Waals surface area (Å²) in [5.41, 5.74) is 17.2. The predicted octanol–water partition coefficient (Wildman–Crippen LogP) is 10.2. The summed E-state index contributed by atoms with van der Waals surface area (Å²) in [4.78, 5) is 5.03. The molecule has 0 N–H and O–H groups in total. The first-order valence-corrected chi connectivity index (χ1v) is 18.4. The molecule has 5 aromatic rings. The van der Waals surface area contributed by atoms with Gasteiger partial charge in [0.2, 0.25) is 0 Å². The SMILES string of the molecule is CC(C)(C)c1ccc(N2c3ccc(C(C)(C)C)cc3B3c4cc(C(C)(C)C)ccc4N(c4ccc(C(C)(C)C)cc4)c4cccc2c43)cc1.[B][B]. The molecule has 4 radical (unpaired) electrons. The fourth-order valence-corrected chi connectivity index (χ4v) is 7.65. The minimum Gasteiger partial charge on any atom is -0.311 e. The van der Waals surface area contributed by atoms with Gasteiger partial charge in [-0.25, -0.2) is 0 Å². The normalized spacial score (nSPS) is 13.9. The van der Waals surface area contributed by atoms with Crippen molar-refractivity contribution < 1.29 is 0 Å². The standard InChI is InChI=1S/C46H53BN2.B2/c1-43(2,3)30-16-22-34(23-17-30)48-38-26-20-32(45(7,8)9)28-36(38)47-37-29-33(46(10,11)12)21-27-39(37)49(41-15-13-14-40(48)42(41)47)35-24-18-31(19-25-35)44(4,5)6;1-2/h13-29H,1-12H3;. The Labute approximate surface area is 311 Å². The Morgan fingerprint density at radius 2 is 0.706 bits per heavy atom. The molecule has 5 aromatic carbocycles. The highest BCUT2D eigenvalue weighted by molar-refractivity contribution is 7.00. The summed E-state index contributed by atoms with van der Waals surface area (Å²) < 4.78 is 0. The maximum absolute atomic E-state index is 4.00. The number of rotatable bonds is 2. The van der Waals surface area contributed by atoms with Gasteiger partial charge in [0, 0.05) is 49.6 Å². The van der Waals surface area contributed by atoms with Crippen molar-refractivity contribution >= 4 is 72.7 Å². The van der Waals surface area contributed by atoms with E-state index in [1.807, 2.05) is 0 Å². The first-order chi connectivity index (χ1) is 23.8. The van der Waals surface area contributed by atoms with E-state index in [1.54, 1.807) is 0 Å². The number of hydrogen-bond acceptors (Lipinski definition) is 2. The van der Waals surface area contributed by atoms with Crippen LogP contribution in [0.15, 0.2) is 103 Å². The van der Waals surface area contributed by atoms with Crippen LogP contribution in [0.2, 0.25) is 0 Å². The van der Waals surface area contributed by atoms with E-state index in [0.29, 0.717) is 0 Å². The molecule has 51 heavy (non-hydrogen) atoms. The molecule has 2 heterocycles. The summed E-state index contributed by atoms with van der Waals surface area (Å²) in [6.45, 7) is 27.8. The van der Waals surface area contributed by atoms with E-state index >= 15 is 0 Å². The Kier molecular flexibility index (Phi) is 9.23. The summed E-state index contributed by atoms with van der Waals surface area (Å²) in [6.07, 6.45) is 0. The molecule has 7 rings (SSSR count). The Morgan fingerprint density at radius 1 is 0.392 bits per heavy atom. The van der Waals surface area contributed by atoms with Crippen LogP contribution >= 0.6 is 0 Å². The quantitative estimate of drug-likeness (QED) is 0.170. The Morgan fingerprint density at radius 3 is 1.02 bits per heavy atom. The highest BCUT2D eigenvalue weighted by atomic mass is 15.2. The van der Waals surface area contributed by atoms with Crippen LogP contribution in [0, 0.1) is 0 Å². The zero-order valence-electron chi connectivity index (χ0n) is 32.9. The van der Waals surface area contributed by atoms with Gasteiger partial charge in [0.05, 0.1) is 0 Å². The molecular weight excluding hydrogens is 613 g/mol. The fraction of sp³-hybridized carbons (Fsp3) is 0.348. The molecular formula is C46H53B3N2. The summed E-state index contributed by atoms with van der Waals surface area (Å²) in [5.74, 6) is 0. The van der Waals surface area contributed by atoms with E-state index in [0.717, 1.165) is 0 Å². The van der Waals surface area contributed by atoms with Gasteiger partial charge in [-0.15, -0.1) is 0 Å². The molecule has 2 aliphatic heterocycles. The molecule has 256 valence electrons. The van der Waals surface area contributed by atoms with Gasteiger partial charge in [-0.3, -0.25) is 0 Å². The van der Waals surface area contributed by atoms with Crippen molar-refractivity contribution in [2.24, 2.45) is 0 Å². The average Bonchev–Trinajstić information content (AvgIpc) is 3.07. The predicted molar refractivity (Wildman–Crippen MR) is 227 cm³/mol. The fourth-order valence-electron chi connectivity index (χ4n) is 7.65. The van der Waals surface area contributed by atoms with Crippen molar-refractivity contribution in [3.8, 4) is 0 Å². The van der Waals surface area contributed by atoms with E-state index in [2.05, 4.69) is 211 Å². The lowest BCUT2D eigenvalue weighted by atomic mass is 9.33. The second kappa shape index (κ2) is 12.8. The summed E-state index contributed by atoms with van der Waals surface area (Å²) in [5, 5.41) is 0. The van der Waals surface area contributed by atoms with Crippen LogP contribution in [0.4, 0.5) is 34.1 Å². The summed E-state index contributed by atoms with van der Waals surface area (Å²) >= 11 is 0. The number of nitrogens with zero attached hydrogens (tertiary/aromatic N) is 2. The largest absolute Gasteiger partial charge is 0.311 e. The third kappa shape index (κ3) is 6.58. The second-order valence-corrected chi connectivity index (χ2v) is 18.5. The molecule has 5 heteroatoms. The molecule has 2 aliphatic rings. The van der Waals surface area contributed by atoms with Gasteiger partial charge < -0.3 is 9.80 Å². The number of hydrogen-bond donors (Lipinski definition) is 0. The zero-order chi connectivity index (χ0) is 37.3. The van der Waals surface area contributed by atoms with Gasteiger partial charge in [0.1, 0.15) is 0 Å². The highest BCUT2D eigenvalue weighted by Crippen LogP contribution is 2.45. The van der Waals surface area contributed by atoms with Crippen molar-refractivity contribution in [2.75, 3.05) is 9.80 Å². The first-order valence-electron chi connectivity index (χ1n) is 18.4. The second-order valence-electron chi connectivity index (χ2n) is 18.5. The van der Waals surface area contributed by atoms with Crippen LogP contribution in [-0.4, -0.2) is 22.2 Å². The van der Waals surface area contributed by atoms with E-state index in [-0.39, 0.29) is 28.4 Å². The summed E-state index contributed by atoms with van der Waals surface area (Å²) in [6, 6.07) is 39.9. The van der Waals surface area contributed by atoms with Crippen LogP contribution in [-0.2, 0) is 21.7 Å². The van der Waals surface area contributed by atoms with Crippen molar-refractivity contribution in [1.29, 1.82) is 0 Å². The molecule has 0 amide bonds. The Bertz CT molecular complexity index is 1910. The van der Waals surface area contributed by atoms with Gasteiger partial charge in [0.25, 0.3) is 6.71 Å². The van der Waals surface area contributed by atoms with E-state index in [1.165, 1.54) is 72.8 Å². The Balaban J connectivity index is 0.00000220. The molecule has 0 fully saturated rings. The third-order valence-electron chi connectivity index (χ3n) is 10.7. The van der Waals surface area contributed by atoms with Crippen molar-refractivity contribution in [3.05, 3.63) is 125 Å². The summed E-state index contributed by atoms with van der Waals surface area (Å²) in [7, 11) is 8.00. The Hall–Kier alpha value is -4.11. The van der Waals surface area contributed by atoms with Gasteiger partial charge in [-0.1, -0.05) is 138 Å². The third-order valence-corrected chi connectivity index (χ3v) is 10.7. The molecule has 0 aliphatic carbocycles. The number of fused-ring (bicyclic) bond motifs is 4. The van der Waals surface area contributed by atoms with E-state index < -0.39 is 0 Å². The highest BCUT2D eigenvalue weighted by Gasteiger charge is 2.44. The lowest BCUT2D eigenvalue weighted by Gasteiger charge is -2.45. The van der Waals surface area contributed by atoms with Gasteiger partial charge in [0.15, 0.2) is 0 Å². The van der Waals surface area contributed by atoms with Crippen molar-refractivity contribution in [3.63, 3.8) is 0 Å². The van der Waals surface area contributed by atoms with Crippen molar-refractivity contribution in [1.82, 2.24) is 0 Å². The molecule has 0 bridgehead atoms. The smallest absolute Gasteiger partial charge is 0.252 e. The van der Waals surface area contributed by atoms with Crippen LogP contribution in [0.5, 0.6) is 0 Å². The molecule has 2 nitrogen and oxygen atoms in total. The average molecular weight is 666 g/mol. The molecule has 0 aromatic heterocycles. The van der Waals surface area contributed by atoms with E-state index in [4.69, 9.17) is 0 Å². The number of benzene rings is 5. The van der Waals surface area contributed by atoms with Gasteiger partial charge >= 0.3 is 0 Å². The van der Waals surface area contributed by atoms with Crippen molar-refractivity contribution in [2.45, 2.75) is 105 Å². The molecule has 0 atom stereocenters. The minimum absolute atomic E-state index is 0.0274. The maximum atomic E-state index is 4.00. The van der Waals surface area contributed by atoms with Crippen LogP contribution in [0.3, 0.4) is 0 Å². The van der Waals surface area contributed by atoms with Crippen LogP contribution in [0.1, 0.15) is 105 Å². The topological polar surface area (TPSA) is 6.48 Å².